The summed E-state index contributed by atoms with van der Waals surface area (Å²) < 4.78 is 30.2. The molecular weight excluding hydrogens is 496 g/mol. The van der Waals surface area contributed by atoms with Gasteiger partial charge in [-0.15, -0.1) is 0 Å². The number of imidazole rings is 1. The van der Waals surface area contributed by atoms with E-state index in [2.05, 4.69) is 10.3 Å². The van der Waals surface area contributed by atoms with Gasteiger partial charge in [-0.2, -0.15) is 0 Å². The molecule has 0 bridgehead atoms. The average Bonchev–Trinajstić information content (AvgIpc) is 3.51. The number of hydrogen-bond donors (Lipinski definition) is 1. The fourth-order valence-electron chi connectivity index (χ4n) is 4.04. The summed E-state index contributed by atoms with van der Waals surface area (Å²) in [7, 11) is -3.79. The number of benzene rings is 4. The van der Waals surface area contributed by atoms with E-state index in [9.17, 15) is 13.2 Å². The second-order valence-electron chi connectivity index (χ2n) is 8.68. The SMILES string of the molecule is O=C(NCc1ccc(-n2ccnc2)cc1)c1ccc(CN(c2ccccc2)S(=O)(=O)c2ccccc2)cc1. The van der Waals surface area contributed by atoms with E-state index in [4.69, 9.17) is 0 Å². The van der Waals surface area contributed by atoms with Gasteiger partial charge in [0.05, 0.1) is 23.5 Å². The number of carbonyl (C=O) groups is 1. The van der Waals surface area contributed by atoms with Crippen molar-refractivity contribution in [2.75, 3.05) is 4.31 Å². The highest BCUT2D eigenvalue weighted by atomic mass is 32.2. The third-order valence-corrected chi connectivity index (χ3v) is 7.90. The molecular formula is C30H26N4O3S. The summed E-state index contributed by atoms with van der Waals surface area (Å²) >= 11 is 0. The van der Waals surface area contributed by atoms with Gasteiger partial charge in [0.15, 0.2) is 0 Å². The molecule has 4 aromatic carbocycles. The Balaban J connectivity index is 1.27. The molecule has 5 rings (SSSR count). The Bertz CT molecular complexity index is 1590. The molecule has 1 N–H and O–H groups in total. The maximum atomic E-state index is 13.5. The van der Waals surface area contributed by atoms with Crippen LogP contribution in [0.1, 0.15) is 21.5 Å². The largest absolute Gasteiger partial charge is 0.348 e. The predicted octanol–water partition coefficient (Wildman–Crippen LogP) is 5.20. The minimum absolute atomic E-state index is 0.131. The van der Waals surface area contributed by atoms with Crippen molar-refractivity contribution in [3.05, 3.63) is 145 Å². The summed E-state index contributed by atoms with van der Waals surface area (Å²) in [6, 6.07) is 32.2. The molecule has 1 amide bonds. The first-order valence-electron chi connectivity index (χ1n) is 12.1. The molecule has 0 atom stereocenters. The number of hydrogen-bond acceptors (Lipinski definition) is 4. The van der Waals surface area contributed by atoms with Crippen LogP contribution >= 0.6 is 0 Å². The molecule has 38 heavy (non-hydrogen) atoms. The van der Waals surface area contributed by atoms with Gasteiger partial charge < -0.3 is 9.88 Å². The highest BCUT2D eigenvalue weighted by Crippen LogP contribution is 2.26. The Hall–Kier alpha value is -4.69. The van der Waals surface area contributed by atoms with Crippen LogP contribution in [0.25, 0.3) is 5.69 Å². The molecule has 0 saturated carbocycles. The highest BCUT2D eigenvalue weighted by Gasteiger charge is 2.25. The lowest BCUT2D eigenvalue weighted by Crippen LogP contribution is -2.30. The topological polar surface area (TPSA) is 84.3 Å². The summed E-state index contributed by atoms with van der Waals surface area (Å²) in [5, 5.41) is 2.94. The van der Waals surface area contributed by atoms with Crippen molar-refractivity contribution in [1.82, 2.24) is 14.9 Å². The molecule has 0 aliphatic heterocycles. The molecule has 5 aromatic rings. The first-order chi connectivity index (χ1) is 18.5. The molecule has 0 aliphatic rings. The number of nitrogens with zero attached hydrogens (tertiary/aromatic N) is 3. The maximum absolute atomic E-state index is 13.5. The van der Waals surface area contributed by atoms with E-state index in [-0.39, 0.29) is 17.3 Å². The first kappa shape index (κ1) is 25.0. The number of aromatic nitrogens is 2. The Morgan fingerprint density at radius 3 is 2.05 bits per heavy atom. The zero-order valence-corrected chi connectivity index (χ0v) is 21.3. The molecule has 0 fully saturated rings. The van der Waals surface area contributed by atoms with E-state index < -0.39 is 10.0 Å². The fourth-order valence-corrected chi connectivity index (χ4v) is 5.51. The molecule has 8 heteroatoms. The molecule has 7 nitrogen and oxygen atoms in total. The van der Waals surface area contributed by atoms with Gasteiger partial charge in [-0.05, 0) is 59.7 Å². The minimum atomic E-state index is -3.79. The van der Waals surface area contributed by atoms with Gasteiger partial charge in [-0.25, -0.2) is 13.4 Å². The van der Waals surface area contributed by atoms with E-state index in [1.54, 1.807) is 79.3 Å². The third-order valence-electron chi connectivity index (χ3n) is 6.11. The summed E-state index contributed by atoms with van der Waals surface area (Å²) in [6.07, 6.45) is 5.33. The van der Waals surface area contributed by atoms with Crippen LogP contribution in [-0.2, 0) is 23.1 Å². The molecule has 1 aromatic heterocycles. The zero-order valence-electron chi connectivity index (χ0n) is 20.5. The Morgan fingerprint density at radius 1 is 0.789 bits per heavy atom. The third kappa shape index (κ3) is 5.66. The predicted molar refractivity (Wildman–Crippen MR) is 147 cm³/mol. The lowest BCUT2D eigenvalue weighted by Gasteiger charge is -2.25. The van der Waals surface area contributed by atoms with Crippen molar-refractivity contribution in [3.8, 4) is 5.69 Å². The van der Waals surface area contributed by atoms with Crippen molar-refractivity contribution in [2.45, 2.75) is 18.0 Å². The first-order valence-corrected chi connectivity index (χ1v) is 13.5. The Kier molecular flexibility index (Phi) is 7.33. The number of anilines is 1. The summed E-state index contributed by atoms with van der Waals surface area (Å²) in [5.74, 6) is -0.202. The number of sulfonamides is 1. The van der Waals surface area contributed by atoms with Gasteiger partial charge in [-0.3, -0.25) is 9.10 Å². The van der Waals surface area contributed by atoms with Crippen LogP contribution in [0.2, 0.25) is 0 Å². The number of rotatable bonds is 9. The van der Waals surface area contributed by atoms with Gasteiger partial charge in [0.25, 0.3) is 15.9 Å². The lowest BCUT2D eigenvalue weighted by atomic mass is 10.1. The lowest BCUT2D eigenvalue weighted by molar-refractivity contribution is 0.0951. The molecule has 1 heterocycles. The van der Waals surface area contributed by atoms with E-state index in [1.165, 1.54) is 4.31 Å². The van der Waals surface area contributed by atoms with Crippen molar-refractivity contribution in [2.24, 2.45) is 0 Å². The number of nitrogens with one attached hydrogen (secondary N) is 1. The molecule has 0 spiro atoms. The smallest absolute Gasteiger partial charge is 0.264 e. The van der Waals surface area contributed by atoms with Crippen LogP contribution in [-0.4, -0.2) is 23.9 Å². The summed E-state index contributed by atoms with van der Waals surface area (Å²) in [6.45, 7) is 0.522. The Labute approximate surface area is 222 Å². The summed E-state index contributed by atoms with van der Waals surface area (Å²) in [4.78, 5) is 17.0. The second kappa shape index (κ2) is 11.1. The van der Waals surface area contributed by atoms with E-state index in [1.807, 2.05) is 53.2 Å². The fraction of sp³-hybridized carbons (Fsp3) is 0.0667. The quantitative estimate of drug-likeness (QED) is 0.289. The van der Waals surface area contributed by atoms with Gasteiger partial charge in [-0.1, -0.05) is 60.7 Å². The summed E-state index contributed by atoms with van der Waals surface area (Å²) in [5.41, 5.74) is 3.80. The second-order valence-corrected chi connectivity index (χ2v) is 10.5. The standard InChI is InChI=1S/C30H26N4O3S/c35-30(32-21-24-13-17-27(18-14-24)33-20-19-31-23-33)26-15-11-25(12-16-26)22-34(28-7-3-1-4-8-28)38(36,37)29-9-5-2-6-10-29/h1-20,23H,21-22H2,(H,32,35). The van der Waals surface area contributed by atoms with Crippen molar-refractivity contribution < 1.29 is 13.2 Å². The molecule has 0 saturated heterocycles. The van der Waals surface area contributed by atoms with Crippen LogP contribution in [0.3, 0.4) is 0 Å². The zero-order chi connectivity index (χ0) is 26.4. The molecule has 0 radical (unpaired) electrons. The van der Waals surface area contributed by atoms with E-state index >= 15 is 0 Å². The molecule has 190 valence electrons. The van der Waals surface area contributed by atoms with Crippen molar-refractivity contribution >= 4 is 21.6 Å². The molecule has 0 aliphatic carbocycles. The van der Waals surface area contributed by atoms with Crippen LogP contribution in [0.5, 0.6) is 0 Å². The van der Waals surface area contributed by atoms with Crippen molar-refractivity contribution in [1.29, 1.82) is 0 Å². The average molecular weight is 523 g/mol. The monoisotopic (exact) mass is 522 g/mol. The van der Waals surface area contributed by atoms with Crippen LogP contribution in [0.4, 0.5) is 5.69 Å². The highest BCUT2D eigenvalue weighted by molar-refractivity contribution is 7.92. The number of carbonyl (C=O) groups excluding carboxylic acids is 1. The van der Waals surface area contributed by atoms with Gasteiger partial charge in [0, 0.05) is 30.2 Å². The van der Waals surface area contributed by atoms with Gasteiger partial charge in [0.2, 0.25) is 0 Å². The maximum Gasteiger partial charge on any atom is 0.264 e. The van der Waals surface area contributed by atoms with Gasteiger partial charge >= 0.3 is 0 Å². The van der Waals surface area contributed by atoms with Gasteiger partial charge in [0.1, 0.15) is 0 Å². The van der Waals surface area contributed by atoms with E-state index in [0.717, 1.165) is 16.8 Å². The van der Waals surface area contributed by atoms with Crippen LogP contribution in [0.15, 0.2) is 133 Å². The Morgan fingerprint density at radius 2 is 1.42 bits per heavy atom. The number of amides is 1. The minimum Gasteiger partial charge on any atom is -0.348 e. The van der Waals surface area contributed by atoms with Crippen LogP contribution in [0, 0.1) is 0 Å². The van der Waals surface area contributed by atoms with Crippen LogP contribution < -0.4 is 9.62 Å². The molecule has 0 unspecified atom stereocenters. The van der Waals surface area contributed by atoms with Crippen molar-refractivity contribution in [3.63, 3.8) is 0 Å². The van der Waals surface area contributed by atoms with E-state index in [0.29, 0.717) is 17.8 Å². The number of para-hydroxylation sites is 1. The normalized spacial score (nSPS) is 11.2.